The van der Waals surface area contributed by atoms with Crippen LogP contribution in [0.15, 0.2) is 48.5 Å². The largest absolute Gasteiger partial charge is 0.390 e. The summed E-state index contributed by atoms with van der Waals surface area (Å²) in [6.07, 6.45) is 6.98. The van der Waals surface area contributed by atoms with Crippen LogP contribution < -0.4 is 10.6 Å². The molecule has 1 aliphatic carbocycles. The second kappa shape index (κ2) is 14.7. The van der Waals surface area contributed by atoms with Crippen LogP contribution in [-0.2, 0) is 16.1 Å². The molecular formula is C35H46N4O6. The zero-order valence-corrected chi connectivity index (χ0v) is 26.2. The molecule has 3 aliphatic rings. The van der Waals surface area contributed by atoms with Gasteiger partial charge in [0.15, 0.2) is 5.78 Å². The van der Waals surface area contributed by atoms with E-state index in [1.807, 2.05) is 12.1 Å². The standard InChI is InChI=1S/C35H46N4O6/c1-2-3-19-39-33(44)30(31(42)26-7-5-4-6-8-26)37-34(45)35(39)17-20-38(21-18-35)22-24-9-11-27(12-10-24)32(43)36-28-15-13-25(14-16-28)29(41)23-40/h9-16,26,30-31,40,42H,2-8,17-23H2,1H3,(H,36,43)(H,37,45)/t30-,31-/m1/s1. The van der Waals surface area contributed by atoms with Gasteiger partial charge >= 0.3 is 0 Å². The lowest BCUT2D eigenvalue weighted by Crippen LogP contribution is -2.75. The fourth-order valence-electron chi connectivity index (χ4n) is 7.09. The van der Waals surface area contributed by atoms with Gasteiger partial charge in [-0.25, -0.2) is 0 Å². The number of benzene rings is 2. The summed E-state index contributed by atoms with van der Waals surface area (Å²) in [7, 11) is 0. The Morgan fingerprint density at radius 2 is 1.62 bits per heavy atom. The summed E-state index contributed by atoms with van der Waals surface area (Å²) in [5.74, 6) is -0.879. The monoisotopic (exact) mass is 618 g/mol. The number of amides is 3. The summed E-state index contributed by atoms with van der Waals surface area (Å²) in [5.41, 5.74) is 1.58. The number of aliphatic hydroxyl groups is 2. The number of carbonyl (C=O) groups excluding carboxylic acids is 4. The number of piperidine rings is 1. The average Bonchev–Trinajstić information content (AvgIpc) is 3.07. The summed E-state index contributed by atoms with van der Waals surface area (Å²) in [6, 6.07) is 12.9. The van der Waals surface area contributed by atoms with Gasteiger partial charge in [0, 0.05) is 43.0 Å². The van der Waals surface area contributed by atoms with E-state index in [0.717, 1.165) is 50.5 Å². The third-order valence-corrected chi connectivity index (χ3v) is 9.88. The SMILES string of the molecule is CCCCN1C(=O)[C@@H]([C@H](O)C2CCCCC2)NC(=O)C12CCN(Cc1ccc(C(=O)Nc3ccc(C(=O)CO)cc3)cc1)CC2. The highest BCUT2D eigenvalue weighted by Crippen LogP contribution is 2.36. The molecule has 242 valence electrons. The van der Waals surface area contributed by atoms with Crippen molar-refractivity contribution in [3.63, 3.8) is 0 Å². The first-order valence-electron chi connectivity index (χ1n) is 16.4. The number of carbonyl (C=O) groups is 4. The van der Waals surface area contributed by atoms with E-state index in [0.29, 0.717) is 55.8 Å². The molecule has 2 aliphatic heterocycles. The molecule has 2 aromatic rings. The Balaban J connectivity index is 1.18. The lowest BCUT2D eigenvalue weighted by Gasteiger charge is -2.52. The maximum Gasteiger partial charge on any atom is 0.255 e. The maximum absolute atomic E-state index is 13.8. The maximum atomic E-state index is 13.8. The van der Waals surface area contributed by atoms with Crippen molar-refractivity contribution in [3.8, 4) is 0 Å². The zero-order chi connectivity index (χ0) is 32.0. The number of nitrogens with zero attached hydrogens (tertiary/aromatic N) is 2. The Bertz CT molecular complexity index is 1350. The van der Waals surface area contributed by atoms with Gasteiger partial charge in [0.05, 0.1) is 6.10 Å². The average molecular weight is 619 g/mol. The smallest absolute Gasteiger partial charge is 0.255 e. The van der Waals surface area contributed by atoms with Crippen LogP contribution in [0.1, 0.15) is 91.0 Å². The fourth-order valence-corrected chi connectivity index (χ4v) is 7.09. The number of rotatable bonds is 11. The number of hydrogen-bond acceptors (Lipinski definition) is 7. The Labute approximate surface area is 265 Å². The van der Waals surface area contributed by atoms with Gasteiger partial charge in [0.1, 0.15) is 18.2 Å². The van der Waals surface area contributed by atoms with Gasteiger partial charge in [0.2, 0.25) is 11.8 Å². The summed E-state index contributed by atoms with van der Waals surface area (Å²) < 4.78 is 0. The number of ketones is 1. The number of hydrogen-bond donors (Lipinski definition) is 4. The van der Waals surface area contributed by atoms with Crippen molar-refractivity contribution in [2.75, 3.05) is 31.6 Å². The van der Waals surface area contributed by atoms with E-state index < -0.39 is 24.3 Å². The number of unbranched alkanes of at least 4 members (excludes halogenated alkanes) is 1. The van der Waals surface area contributed by atoms with Crippen molar-refractivity contribution in [2.24, 2.45) is 5.92 Å². The molecule has 2 saturated heterocycles. The molecule has 2 heterocycles. The van der Waals surface area contributed by atoms with Crippen molar-refractivity contribution in [2.45, 2.75) is 88.9 Å². The van der Waals surface area contributed by atoms with Gasteiger partial charge < -0.3 is 25.7 Å². The Kier molecular flexibility index (Phi) is 10.7. The van der Waals surface area contributed by atoms with Crippen molar-refractivity contribution in [3.05, 3.63) is 65.2 Å². The number of aliphatic hydroxyl groups excluding tert-OH is 2. The van der Waals surface area contributed by atoms with Crippen LogP contribution in [0.3, 0.4) is 0 Å². The van der Waals surface area contributed by atoms with Gasteiger partial charge in [-0.15, -0.1) is 0 Å². The highest BCUT2D eigenvalue weighted by atomic mass is 16.3. The quantitative estimate of drug-likeness (QED) is 0.283. The predicted octanol–water partition coefficient (Wildman–Crippen LogP) is 3.52. The first-order valence-corrected chi connectivity index (χ1v) is 16.4. The molecule has 3 fully saturated rings. The van der Waals surface area contributed by atoms with Crippen molar-refractivity contribution in [1.29, 1.82) is 0 Å². The molecule has 2 aromatic carbocycles. The molecule has 10 nitrogen and oxygen atoms in total. The van der Waals surface area contributed by atoms with Crippen LogP contribution in [0.4, 0.5) is 5.69 Å². The Morgan fingerprint density at radius 1 is 0.978 bits per heavy atom. The summed E-state index contributed by atoms with van der Waals surface area (Å²) in [4.78, 5) is 56.0. The molecule has 1 spiro atoms. The minimum atomic E-state index is -0.892. The van der Waals surface area contributed by atoms with E-state index in [4.69, 9.17) is 5.11 Å². The fraction of sp³-hybridized carbons (Fsp3) is 0.543. The van der Waals surface area contributed by atoms with Gasteiger partial charge in [-0.05, 0) is 80.0 Å². The van der Waals surface area contributed by atoms with Crippen LogP contribution in [-0.4, -0.2) is 87.4 Å². The molecule has 2 atom stereocenters. The van der Waals surface area contributed by atoms with Crippen LogP contribution >= 0.6 is 0 Å². The third kappa shape index (κ3) is 7.29. The molecule has 0 bridgehead atoms. The van der Waals surface area contributed by atoms with E-state index in [9.17, 15) is 24.3 Å². The summed E-state index contributed by atoms with van der Waals surface area (Å²) >= 11 is 0. The molecular weight excluding hydrogens is 572 g/mol. The highest BCUT2D eigenvalue weighted by molar-refractivity contribution is 6.05. The summed E-state index contributed by atoms with van der Waals surface area (Å²) in [6.45, 7) is 3.99. The van der Waals surface area contributed by atoms with Gasteiger partial charge in [-0.1, -0.05) is 44.7 Å². The minimum absolute atomic E-state index is 0.0465. The van der Waals surface area contributed by atoms with E-state index >= 15 is 0 Å². The number of piperazine rings is 1. The van der Waals surface area contributed by atoms with Gasteiger partial charge in [-0.3, -0.25) is 24.1 Å². The van der Waals surface area contributed by atoms with Gasteiger partial charge in [-0.2, -0.15) is 0 Å². The molecule has 1 saturated carbocycles. The van der Waals surface area contributed by atoms with Crippen molar-refractivity contribution < 1.29 is 29.4 Å². The normalized spacial score (nSPS) is 21.4. The lowest BCUT2D eigenvalue weighted by molar-refractivity contribution is -0.166. The van der Waals surface area contributed by atoms with E-state index in [1.165, 1.54) is 0 Å². The van der Waals surface area contributed by atoms with E-state index in [-0.39, 0.29) is 29.4 Å². The second-order valence-corrected chi connectivity index (χ2v) is 12.8. The van der Waals surface area contributed by atoms with Crippen LogP contribution in [0.25, 0.3) is 0 Å². The number of likely N-dealkylation sites (tertiary alicyclic amines) is 1. The lowest BCUT2D eigenvalue weighted by atomic mass is 9.78. The van der Waals surface area contributed by atoms with Crippen LogP contribution in [0.5, 0.6) is 0 Å². The third-order valence-electron chi connectivity index (χ3n) is 9.88. The first-order chi connectivity index (χ1) is 21.8. The predicted molar refractivity (Wildman–Crippen MR) is 171 cm³/mol. The molecule has 0 radical (unpaired) electrons. The Hall–Kier alpha value is -3.60. The van der Waals surface area contributed by atoms with E-state index in [1.54, 1.807) is 41.3 Å². The number of anilines is 1. The molecule has 0 unspecified atom stereocenters. The number of nitrogens with one attached hydrogen (secondary N) is 2. The topological polar surface area (TPSA) is 139 Å². The molecule has 45 heavy (non-hydrogen) atoms. The minimum Gasteiger partial charge on any atom is -0.390 e. The number of Topliss-reactive ketones (excluding diaryl/α,β-unsaturated/α-hetero) is 1. The highest BCUT2D eigenvalue weighted by Gasteiger charge is 2.55. The first kappa shape index (κ1) is 32.8. The second-order valence-electron chi connectivity index (χ2n) is 12.8. The molecule has 3 amide bonds. The molecule has 5 rings (SSSR count). The summed E-state index contributed by atoms with van der Waals surface area (Å²) in [5, 5.41) is 26.0. The zero-order valence-electron chi connectivity index (χ0n) is 26.2. The van der Waals surface area contributed by atoms with Crippen LogP contribution in [0.2, 0.25) is 0 Å². The van der Waals surface area contributed by atoms with Gasteiger partial charge in [0.25, 0.3) is 5.91 Å². The Morgan fingerprint density at radius 3 is 2.24 bits per heavy atom. The van der Waals surface area contributed by atoms with Crippen molar-refractivity contribution >= 4 is 29.2 Å². The van der Waals surface area contributed by atoms with Crippen LogP contribution in [0, 0.1) is 5.92 Å². The molecule has 10 heteroatoms. The van der Waals surface area contributed by atoms with E-state index in [2.05, 4.69) is 22.5 Å². The van der Waals surface area contributed by atoms with Crippen molar-refractivity contribution in [1.82, 2.24) is 15.1 Å². The molecule has 4 N–H and O–H groups in total. The molecule has 0 aromatic heterocycles.